The van der Waals surface area contributed by atoms with E-state index in [9.17, 15) is 34.2 Å². The first-order valence-electron chi connectivity index (χ1n) is 13.5. The van der Waals surface area contributed by atoms with Crippen molar-refractivity contribution in [1.29, 1.82) is 0 Å². The van der Waals surface area contributed by atoms with Gasteiger partial charge in [0.2, 0.25) is 11.8 Å². The zero-order valence-electron chi connectivity index (χ0n) is 23.8. The number of pyridine rings is 1. The van der Waals surface area contributed by atoms with Gasteiger partial charge in [-0.1, -0.05) is 50.2 Å². The lowest BCUT2D eigenvalue weighted by atomic mass is 9.70. The van der Waals surface area contributed by atoms with E-state index in [-0.39, 0.29) is 18.0 Å². The summed E-state index contributed by atoms with van der Waals surface area (Å²) >= 11 is 0. The van der Waals surface area contributed by atoms with Crippen molar-refractivity contribution in [3.8, 4) is 11.3 Å². The molecule has 0 unspecified atom stereocenters. The van der Waals surface area contributed by atoms with Crippen LogP contribution in [0.3, 0.4) is 0 Å². The van der Waals surface area contributed by atoms with Gasteiger partial charge in [-0.15, -0.1) is 0 Å². The van der Waals surface area contributed by atoms with Crippen LogP contribution in [0, 0.1) is 5.92 Å². The second-order valence-electron chi connectivity index (χ2n) is 10.5. The molecule has 3 amide bonds. The minimum absolute atomic E-state index is 0.0125. The predicted molar refractivity (Wildman–Crippen MR) is 151 cm³/mol. The van der Waals surface area contributed by atoms with Crippen LogP contribution in [0.1, 0.15) is 50.5 Å². The van der Waals surface area contributed by atoms with Crippen molar-refractivity contribution in [2.45, 2.75) is 63.7 Å². The quantitative estimate of drug-likeness (QED) is 0.223. The number of aliphatic hydroxyl groups excluding tert-OH is 1. The SMILES string of the molecule is CNC(=O)C[C@@]1(C(=O)O)CC(=O)OB([C@H](CC(C)C)NC(=O)[C@@H](NC(=O)c2cccc(-c3ccccc3)n2)[C@@H](C)O)O1. The van der Waals surface area contributed by atoms with Crippen molar-refractivity contribution in [3.05, 3.63) is 54.2 Å². The molecule has 42 heavy (non-hydrogen) atoms. The second kappa shape index (κ2) is 14.1. The highest BCUT2D eigenvalue weighted by Crippen LogP contribution is 2.30. The summed E-state index contributed by atoms with van der Waals surface area (Å²) in [6.45, 7) is 4.95. The Kier molecular flexibility index (Phi) is 10.8. The maximum atomic E-state index is 13.4. The summed E-state index contributed by atoms with van der Waals surface area (Å²) < 4.78 is 11.0. The number of carbonyl (C=O) groups excluding carboxylic acids is 4. The van der Waals surface area contributed by atoms with Gasteiger partial charge in [-0.05, 0) is 31.4 Å². The van der Waals surface area contributed by atoms with Gasteiger partial charge in [0.25, 0.3) is 11.9 Å². The number of carboxylic acids is 1. The first-order chi connectivity index (χ1) is 19.8. The molecule has 0 bridgehead atoms. The molecule has 1 saturated heterocycles. The fraction of sp³-hybridized carbons (Fsp3) is 0.429. The molecule has 4 atom stereocenters. The number of nitrogens with one attached hydrogen (secondary N) is 3. The molecule has 0 saturated carbocycles. The van der Waals surface area contributed by atoms with Gasteiger partial charge in [-0.3, -0.25) is 19.2 Å². The molecule has 3 rings (SSSR count). The minimum atomic E-state index is -2.21. The number of rotatable bonds is 12. The second-order valence-corrected chi connectivity index (χ2v) is 10.5. The monoisotopic (exact) mass is 582 g/mol. The van der Waals surface area contributed by atoms with Crippen molar-refractivity contribution in [2.75, 3.05) is 7.05 Å². The van der Waals surface area contributed by atoms with Crippen molar-refractivity contribution in [3.63, 3.8) is 0 Å². The smallest absolute Gasteiger partial charge is 0.508 e. The van der Waals surface area contributed by atoms with Gasteiger partial charge in [-0.2, -0.15) is 0 Å². The third kappa shape index (κ3) is 8.14. The Morgan fingerprint density at radius 3 is 2.33 bits per heavy atom. The van der Waals surface area contributed by atoms with E-state index in [4.69, 9.17) is 9.31 Å². The van der Waals surface area contributed by atoms with E-state index in [1.165, 1.54) is 20.0 Å². The van der Waals surface area contributed by atoms with Crippen LogP contribution in [0.25, 0.3) is 11.3 Å². The molecule has 1 aromatic carbocycles. The van der Waals surface area contributed by atoms with E-state index in [0.717, 1.165) is 5.56 Å². The number of amides is 3. The average Bonchev–Trinajstić information content (AvgIpc) is 2.95. The van der Waals surface area contributed by atoms with Crippen LogP contribution in [0.15, 0.2) is 48.5 Å². The maximum Gasteiger partial charge on any atom is 0.552 e. The summed E-state index contributed by atoms with van der Waals surface area (Å²) in [7, 11) is -0.246. The molecule has 5 N–H and O–H groups in total. The third-order valence-electron chi connectivity index (χ3n) is 6.62. The molecule has 0 radical (unpaired) electrons. The summed E-state index contributed by atoms with van der Waals surface area (Å²) in [6.07, 6.45) is -2.56. The topological polar surface area (TPSA) is 193 Å². The highest BCUT2D eigenvalue weighted by Gasteiger charge is 2.54. The lowest BCUT2D eigenvalue weighted by Gasteiger charge is -2.38. The molecule has 1 aliphatic rings. The normalized spacial score (nSPS) is 18.8. The summed E-state index contributed by atoms with van der Waals surface area (Å²) in [5.41, 5.74) is -0.885. The Morgan fingerprint density at radius 1 is 1.05 bits per heavy atom. The molecule has 0 aliphatic carbocycles. The van der Waals surface area contributed by atoms with E-state index < -0.39 is 73.3 Å². The number of hydrogen-bond acceptors (Lipinski definition) is 9. The van der Waals surface area contributed by atoms with Gasteiger partial charge in [0.1, 0.15) is 11.7 Å². The molecule has 1 fully saturated rings. The maximum absolute atomic E-state index is 13.4. The van der Waals surface area contributed by atoms with Gasteiger partial charge < -0.3 is 35.5 Å². The zero-order chi connectivity index (χ0) is 31.0. The molecule has 2 heterocycles. The Morgan fingerprint density at radius 2 is 1.74 bits per heavy atom. The number of aliphatic hydroxyl groups is 1. The van der Waals surface area contributed by atoms with Crippen molar-refractivity contribution in [2.24, 2.45) is 5.92 Å². The number of carboxylic acid groups (broad SMARTS) is 1. The van der Waals surface area contributed by atoms with Crippen LogP contribution in [-0.4, -0.2) is 82.7 Å². The molecular weight excluding hydrogens is 547 g/mol. The Balaban J connectivity index is 1.82. The first kappa shape index (κ1) is 32.2. The Hall–Kier alpha value is -4.30. The zero-order valence-corrected chi connectivity index (χ0v) is 23.8. The summed E-state index contributed by atoms with van der Waals surface area (Å²) in [6, 6.07) is 12.6. The highest BCUT2D eigenvalue weighted by molar-refractivity contribution is 6.50. The number of aromatic nitrogens is 1. The van der Waals surface area contributed by atoms with E-state index in [1.54, 1.807) is 12.1 Å². The molecule has 2 aromatic rings. The lowest BCUT2D eigenvalue weighted by molar-refractivity contribution is -0.172. The summed E-state index contributed by atoms with van der Waals surface area (Å²) in [5, 5.41) is 27.7. The number of hydrogen-bond donors (Lipinski definition) is 5. The van der Waals surface area contributed by atoms with Crippen LogP contribution >= 0.6 is 0 Å². The largest absolute Gasteiger partial charge is 0.552 e. The lowest BCUT2D eigenvalue weighted by Crippen LogP contribution is -2.63. The van der Waals surface area contributed by atoms with Crippen molar-refractivity contribution < 1.29 is 43.5 Å². The molecule has 1 aliphatic heterocycles. The minimum Gasteiger partial charge on any atom is -0.508 e. The predicted octanol–water partition coefficient (Wildman–Crippen LogP) is 0.709. The van der Waals surface area contributed by atoms with Crippen LogP contribution in [0.5, 0.6) is 0 Å². The Labute approximate surface area is 243 Å². The molecular formula is C28H35BN4O9. The number of benzene rings is 1. The fourth-order valence-corrected chi connectivity index (χ4v) is 4.48. The Bertz CT molecular complexity index is 1310. The molecule has 224 valence electrons. The molecule has 0 spiro atoms. The van der Waals surface area contributed by atoms with Crippen molar-refractivity contribution in [1.82, 2.24) is 20.9 Å². The van der Waals surface area contributed by atoms with Crippen LogP contribution < -0.4 is 16.0 Å². The fourth-order valence-electron chi connectivity index (χ4n) is 4.48. The summed E-state index contributed by atoms with van der Waals surface area (Å²) in [5.74, 6) is -5.86. The van der Waals surface area contributed by atoms with Crippen LogP contribution in [0.4, 0.5) is 0 Å². The first-order valence-corrected chi connectivity index (χ1v) is 13.5. The third-order valence-corrected chi connectivity index (χ3v) is 6.62. The number of aliphatic carboxylic acids is 1. The van der Waals surface area contributed by atoms with Gasteiger partial charge in [-0.25, -0.2) is 9.78 Å². The van der Waals surface area contributed by atoms with E-state index in [0.29, 0.717) is 5.69 Å². The molecule has 14 heteroatoms. The number of carbonyl (C=O) groups is 5. The van der Waals surface area contributed by atoms with Gasteiger partial charge in [0.05, 0.1) is 30.6 Å². The van der Waals surface area contributed by atoms with Crippen LogP contribution in [-0.2, 0) is 28.5 Å². The van der Waals surface area contributed by atoms with E-state index in [2.05, 4.69) is 20.9 Å². The van der Waals surface area contributed by atoms with Crippen molar-refractivity contribution >= 4 is 36.8 Å². The van der Waals surface area contributed by atoms with Gasteiger partial charge in [0, 0.05) is 12.6 Å². The van der Waals surface area contributed by atoms with E-state index in [1.807, 2.05) is 44.2 Å². The average molecular weight is 582 g/mol. The van der Waals surface area contributed by atoms with E-state index >= 15 is 0 Å². The standard InChI is InChI=1S/C28H35BN4O9/c1-16(2)13-21(29-41-23(36)15-28(42-29,27(39)40)14-22(35)30-4)32-26(38)24(17(3)34)33-25(37)20-12-8-11-19(31-20)18-9-6-5-7-10-18/h5-12,16-17,21,24,34H,13-15H2,1-4H3,(H,30,35)(H,32,38)(H,33,37)(H,39,40)/t17-,21+,24+,28+/m1/s1. The van der Waals surface area contributed by atoms with Crippen LogP contribution in [0.2, 0.25) is 0 Å². The molecule has 1 aromatic heterocycles. The van der Waals surface area contributed by atoms with Gasteiger partial charge >= 0.3 is 13.1 Å². The molecule has 13 nitrogen and oxygen atoms in total. The number of nitrogens with zero attached hydrogens (tertiary/aromatic N) is 1. The summed E-state index contributed by atoms with van der Waals surface area (Å²) in [4.78, 5) is 67.6. The van der Waals surface area contributed by atoms with Gasteiger partial charge in [0.15, 0.2) is 5.60 Å². The highest BCUT2D eigenvalue weighted by atomic mass is 16.6.